The van der Waals surface area contributed by atoms with Crippen LogP contribution < -0.4 is 0 Å². The maximum absolute atomic E-state index is 12.6. The number of aliphatic hydroxyl groups is 4. The van der Waals surface area contributed by atoms with E-state index in [-0.39, 0.29) is 19.8 Å². The minimum absolute atomic E-state index is 0.338. The zero-order valence-electron chi connectivity index (χ0n) is 16.8. The van der Waals surface area contributed by atoms with E-state index in [4.69, 9.17) is 8.85 Å². The van der Waals surface area contributed by atoms with Gasteiger partial charge in [-0.25, -0.2) is 4.79 Å². The smallest absolute Gasteiger partial charge is 0.409 e. The van der Waals surface area contributed by atoms with Crippen LogP contribution in [0.3, 0.4) is 0 Å². The molecule has 1 aliphatic heterocycles. The lowest BCUT2D eigenvalue weighted by Gasteiger charge is -2.31. The van der Waals surface area contributed by atoms with Crippen LogP contribution in [0, 0.1) is 0 Å². The second-order valence-corrected chi connectivity index (χ2v) is 9.54. The SMILES string of the molecule is CCCCCCCCCC([Si]O[Si]O[Si])C(=O)O[C@](O)(CO)[C@H]1OC(=O)C(O)=C1O. The number of esters is 2. The zero-order valence-corrected chi connectivity index (χ0v) is 19.8. The first kappa shape index (κ1) is 26.8. The van der Waals surface area contributed by atoms with Crippen LogP contribution in [0.1, 0.15) is 58.3 Å². The normalized spacial score (nSPS) is 19.5. The van der Waals surface area contributed by atoms with E-state index in [2.05, 4.69) is 26.3 Å². The molecule has 0 aromatic rings. The van der Waals surface area contributed by atoms with Crippen molar-refractivity contribution in [1.82, 2.24) is 0 Å². The van der Waals surface area contributed by atoms with E-state index < -0.39 is 47.5 Å². The summed E-state index contributed by atoms with van der Waals surface area (Å²) in [5, 5.41) is 39.1. The van der Waals surface area contributed by atoms with Crippen LogP contribution in [-0.4, -0.2) is 81.1 Å². The van der Waals surface area contributed by atoms with Crippen molar-refractivity contribution in [2.24, 2.45) is 0 Å². The summed E-state index contributed by atoms with van der Waals surface area (Å²) in [6.07, 6.45) is 5.80. The molecule has 0 aromatic carbocycles. The number of unbranched alkanes of at least 4 members (excludes halogenated alkanes) is 6. The van der Waals surface area contributed by atoms with Gasteiger partial charge in [-0.1, -0.05) is 51.9 Å². The van der Waals surface area contributed by atoms with Gasteiger partial charge in [0.05, 0.1) is 5.54 Å². The molecule has 0 amide bonds. The zero-order chi connectivity index (χ0) is 22.6. The molecule has 0 bridgehead atoms. The van der Waals surface area contributed by atoms with Gasteiger partial charge in [0.2, 0.25) is 32.1 Å². The van der Waals surface area contributed by atoms with Crippen molar-refractivity contribution >= 4 is 42.2 Å². The van der Waals surface area contributed by atoms with Gasteiger partial charge in [-0.05, 0) is 6.42 Å². The lowest BCUT2D eigenvalue weighted by molar-refractivity contribution is -0.259. The molecule has 7 radical (unpaired) electrons. The summed E-state index contributed by atoms with van der Waals surface area (Å²) in [5.74, 6) is -7.10. The van der Waals surface area contributed by atoms with Gasteiger partial charge in [0.25, 0.3) is 5.79 Å². The van der Waals surface area contributed by atoms with Gasteiger partial charge in [-0.15, -0.1) is 0 Å². The number of carbonyl (C=O) groups excluding carboxylic acids is 2. The lowest BCUT2D eigenvalue weighted by atomic mass is 10.1. The molecule has 1 heterocycles. The minimum atomic E-state index is -2.75. The first-order valence-corrected chi connectivity index (χ1v) is 11.9. The first-order valence-electron chi connectivity index (χ1n) is 9.68. The molecule has 0 aromatic heterocycles. The molecule has 0 saturated carbocycles. The van der Waals surface area contributed by atoms with Crippen LogP contribution in [0.4, 0.5) is 0 Å². The molecule has 30 heavy (non-hydrogen) atoms. The van der Waals surface area contributed by atoms with Crippen LogP contribution in [0.15, 0.2) is 11.5 Å². The Morgan fingerprint density at radius 2 is 1.87 bits per heavy atom. The third-order valence-corrected chi connectivity index (χ3v) is 6.44. The molecule has 1 rings (SSSR count). The fraction of sp³-hybridized carbons (Fsp3) is 0.765. The van der Waals surface area contributed by atoms with Crippen molar-refractivity contribution in [2.45, 2.75) is 75.7 Å². The standard InChI is InChI=1S/C17H27O10Si3/c1-2-3-4-5-6-7-8-9-11(29-27-30-26-28)15(21)25-17(23,10-18)14-12(19)13(20)16(22)24-14/h11,14,18-20,23H,2-10H2,1H3/t11?,14-,17+/m0/s1. The Morgan fingerprint density at radius 3 is 2.40 bits per heavy atom. The van der Waals surface area contributed by atoms with Crippen molar-refractivity contribution in [3.8, 4) is 0 Å². The Balaban J connectivity index is 2.68. The van der Waals surface area contributed by atoms with Crippen LogP contribution in [-0.2, 0) is 27.3 Å². The van der Waals surface area contributed by atoms with Crippen molar-refractivity contribution in [2.75, 3.05) is 6.61 Å². The second kappa shape index (κ2) is 14.0. The fourth-order valence-corrected chi connectivity index (χ4v) is 4.59. The summed E-state index contributed by atoms with van der Waals surface area (Å²) in [7, 11) is 2.11. The number of ether oxygens (including phenoxy) is 2. The highest BCUT2D eigenvalue weighted by molar-refractivity contribution is 6.46. The summed E-state index contributed by atoms with van der Waals surface area (Å²) in [4.78, 5) is 24.0. The highest BCUT2D eigenvalue weighted by Crippen LogP contribution is 2.31. The third-order valence-electron chi connectivity index (χ3n) is 4.49. The topological polar surface area (TPSA) is 152 Å². The second-order valence-electron chi connectivity index (χ2n) is 6.81. The Hall–Kier alpha value is -1.23. The molecule has 4 N–H and O–H groups in total. The van der Waals surface area contributed by atoms with E-state index in [1.54, 1.807) is 0 Å². The maximum atomic E-state index is 12.6. The third kappa shape index (κ3) is 8.13. The molecule has 3 atom stereocenters. The average Bonchev–Trinajstić information content (AvgIpc) is 2.99. The van der Waals surface area contributed by atoms with Crippen LogP contribution >= 0.6 is 0 Å². The van der Waals surface area contributed by atoms with Crippen molar-refractivity contribution in [3.05, 3.63) is 11.5 Å². The van der Waals surface area contributed by atoms with Crippen LogP contribution in [0.2, 0.25) is 5.54 Å². The minimum Gasteiger partial charge on any atom is -0.505 e. The average molecular weight is 476 g/mol. The van der Waals surface area contributed by atoms with E-state index in [0.717, 1.165) is 32.1 Å². The van der Waals surface area contributed by atoms with Gasteiger partial charge in [-0.3, -0.25) is 4.79 Å². The molecular formula is C17H27O10Si3. The molecule has 167 valence electrons. The number of hydrogen-bond donors (Lipinski definition) is 4. The summed E-state index contributed by atoms with van der Waals surface area (Å²) in [5.41, 5.74) is -0.759. The molecule has 1 unspecified atom stereocenters. The Morgan fingerprint density at radius 1 is 1.23 bits per heavy atom. The molecule has 10 nitrogen and oxygen atoms in total. The molecule has 1 aliphatic rings. The predicted molar refractivity (Wildman–Crippen MR) is 106 cm³/mol. The van der Waals surface area contributed by atoms with Crippen LogP contribution in [0.5, 0.6) is 0 Å². The Bertz CT molecular complexity index is 588. The van der Waals surface area contributed by atoms with Crippen molar-refractivity contribution in [3.63, 3.8) is 0 Å². The van der Waals surface area contributed by atoms with Gasteiger partial charge in [0.1, 0.15) is 6.61 Å². The first-order chi connectivity index (χ1) is 14.3. The van der Waals surface area contributed by atoms with E-state index >= 15 is 0 Å². The summed E-state index contributed by atoms with van der Waals surface area (Å²) < 4.78 is 19.5. The van der Waals surface area contributed by atoms with Crippen molar-refractivity contribution in [1.29, 1.82) is 0 Å². The molecule has 0 fully saturated rings. The number of rotatable bonds is 16. The van der Waals surface area contributed by atoms with Gasteiger partial charge in [-0.2, -0.15) is 0 Å². The predicted octanol–water partition coefficient (Wildman–Crippen LogP) is 0.663. The fourth-order valence-electron chi connectivity index (χ4n) is 2.81. The van der Waals surface area contributed by atoms with Gasteiger partial charge < -0.3 is 38.1 Å². The molecule has 0 saturated heterocycles. The quantitative estimate of drug-likeness (QED) is 0.108. The largest absolute Gasteiger partial charge is 0.505 e. The highest BCUT2D eigenvalue weighted by atomic mass is 28.3. The van der Waals surface area contributed by atoms with E-state index in [9.17, 15) is 30.0 Å². The van der Waals surface area contributed by atoms with Gasteiger partial charge >= 0.3 is 21.9 Å². The summed E-state index contributed by atoms with van der Waals surface area (Å²) in [6, 6.07) is 0. The lowest BCUT2D eigenvalue weighted by Crippen LogP contribution is -2.51. The summed E-state index contributed by atoms with van der Waals surface area (Å²) >= 11 is 0. The highest BCUT2D eigenvalue weighted by Gasteiger charge is 2.52. The molecule has 0 spiro atoms. The molecular weight excluding hydrogens is 448 g/mol. The number of aliphatic hydroxyl groups excluding tert-OH is 3. The van der Waals surface area contributed by atoms with Crippen LogP contribution in [0.25, 0.3) is 0 Å². The Kier molecular flexibility index (Phi) is 12.5. The number of cyclic esters (lactones) is 1. The summed E-state index contributed by atoms with van der Waals surface area (Å²) in [6.45, 7) is 0.972. The van der Waals surface area contributed by atoms with Gasteiger partial charge in [0, 0.05) is 0 Å². The number of carbonyl (C=O) groups is 2. The van der Waals surface area contributed by atoms with E-state index in [0.29, 0.717) is 6.42 Å². The monoisotopic (exact) mass is 475 g/mol. The van der Waals surface area contributed by atoms with Crippen molar-refractivity contribution < 1.29 is 47.7 Å². The Labute approximate surface area is 184 Å². The van der Waals surface area contributed by atoms with Gasteiger partial charge in [0.15, 0.2) is 5.76 Å². The number of hydrogen-bond acceptors (Lipinski definition) is 10. The molecule has 13 heteroatoms. The van der Waals surface area contributed by atoms with E-state index in [1.807, 2.05) is 0 Å². The maximum Gasteiger partial charge on any atom is 0.409 e. The van der Waals surface area contributed by atoms with E-state index in [1.165, 1.54) is 12.8 Å². The molecule has 0 aliphatic carbocycles.